The lowest BCUT2D eigenvalue weighted by molar-refractivity contribution is -0.383. The van der Waals surface area contributed by atoms with E-state index in [9.17, 15) is 9.59 Å². The number of carbonyl (C=O) groups excluding carboxylic acids is 2. The van der Waals surface area contributed by atoms with Crippen molar-refractivity contribution in [1.29, 1.82) is 0 Å². The van der Waals surface area contributed by atoms with Crippen LogP contribution in [0.1, 0.15) is 13.3 Å². The van der Waals surface area contributed by atoms with Crippen LogP contribution in [-0.2, 0) is 18.9 Å². The molecule has 2 rings (SSSR count). The van der Waals surface area contributed by atoms with Gasteiger partial charge in [0.1, 0.15) is 0 Å². The highest BCUT2D eigenvalue weighted by Crippen LogP contribution is 2.38. The van der Waals surface area contributed by atoms with Gasteiger partial charge in [-0.2, -0.15) is 0 Å². The van der Waals surface area contributed by atoms with Crippen molar-refractivity contribution in [2.75, 3.05) is 0 Å². The van der Waals surface area contributed by atoms with Crippen LogP contribution in [0.4, 0.5) is 9.59 Å². The van der Waals surface area contributed by atoms with Gasteiger partial charge in [0.05, 0.1) is 0 Å². The second kappa shape index (κ2) is 2.02. The first kappa shape index (κ1) is 7.20. The Morgan fingerprint density at radius 2 is 1.83 bits per heavy atom. The van der Waals surface area contributed by atoms with Gasteiger partial charge in [0, 0.05) is 0 Å². The van der Waals surface area contributed by atoms with Gasteiger partial charge >= 0.3 is 18.3 Å². The third-order valence-electron chi connectivity index (χ3n) is 1.68. The van der Waals surface area contributed by atoms with Crippen molar-refractivity contribution in [3.05, 3.63) is 0 Å². The Morgan fingerprint density at radius 1 is 1.25 bits per heavy atom. The zero-order valence-corrected chi connectivity index (χ0v) is 6.23. The maximum absolute atomic E-state index is 10.6. The van der Waals surface area contributed by atoms with E-state index in [1.54, 1.807) is 6.92 Å². The molecule has 2 saturated heterocycles. The first-order valence-corrected chi connectivity index (χ1v) is 3.48. The Labute approximate surface area is 67.3 Å². The van der Waals surface area contributed by atoms with Gasteiger partial charge in [-0.3, -0.25) is 0 Å². The predicted octanol–water partition coefficient (Wildman–Crippen LogP) is 0.752. The Hall–Kier alpha value is -1.46. The van der Waals surface area contributed by atoms with Crippen LogP contribution in [0.15, 0.2) is 0 Å². The van der Waals surface area contributed by atoms with Crippen molar-refractivity contribution in [2.45, 2.75) is 25.4 Å². The molecule has 0 amide bonds. The van der Waals surface area contributed by atoms with Crippen LogP contribution < -0.4 is 0 Å². The fourth-order valence-electron chi connectivity index (χ4n) is 1.14. The Kier molecular flexibility index (Phi) is 1.22. The van der Waals surface area contributed by atoms with Crippen molar-refractivity contribution in [2.24, 2.45) is 0 Å². The molecule has 0 radical (unpaired) electrons. The highest BCUT2D eigenvalue weighted by molar-refractivity contribution is 5.70. The molecule has 0 aromatic carbocycles. The smallest absolute Gasteiger partial charge is 0.418 e. The summed E-state index contributed by atoms with van der Waals surface area (Å²) in [5.74, 6) is -1.59. The molecule has 0 aromatic heterocycles. The fraction of sp³-hybridized carbons (Fsp3) is 0.667. The Balaban J connectivity index is 2.14. The number of cyclic esters (lactones) is 1. The zero-order valence-electron chi connectivity index (χ0n) is 6.23. The molecule has 1 spiro atoms. The number of carbonyl (C=O) groups is 2. The van der Waals surface area contributed by atoms with Crippen LogP contribution in [0.3, 0.4) is 0 Å². The quantitative estimate of drug-likeness (QED) is 0.546. The molecule has 6 nitrogen and oxygen atoms in total. The molecule has 0 aromatic rings. The van der Waals surface area contributed by atoms with E-state index in [-0.39, 0.29) is 0 Å². The van der Waals surface area contributed by atoms with Crippen molar-refractivity contribution < 1.29 is 28.5 Å². The van der Waals surface area contributed by atoms with Gasteiger partial charge in [0.15, 0.2) is 0 Å². The first-order valence-electron chi connectivity index (χ1n) is 3.48. The third kappa shape index (κ3) is 0.744. The Morgan fingerprint density at radius 3 is 2.33 bits per heavy atom. The molecule has 0 aliphatic carbocycles. The normalized spacial score (nSPS) is 29.9. The summed E-state index contributed by atoms with van der Waals surface area (Å²) >= 11 is 0. The molecular formula is C6H6O6. The van der Waals surface area contributed by atoms with Crippen molar-refractivity contribution >= 4 is 12.3 Å². The van der Waals surface area contributed by atoms with Gasteiger partial charge < -0.3 is 18.9 Å². The van der Waals surface area contributed by atoms with Crippen LogP contribution >= 0.6 is 0 Å². The van der Waals surface area contributed by atoms with Gasteiger partial charge in [-0.1, -0.05) is 6.92 Å². The summed E-state index contributed by atoms with van der Waals surface area (Å²) in [6.07, 6.45) is -1.94. The number of rotatable bonds is 1. The maximum Gasteiger partial charge on any atom is 0.520 e. The molecule has 2 heterocycles. The highest BCUT2D eigenvalue weighted by atomic mass is 17.1. The van der Waals surface area contributed by atoms with Gasteiger partial charge in [-0.05, 0) is 6.42 Å². The molecule has 6 heteroatoms. The molecule has 2 aliphatic rings. The third-order valence-corrected chi connectivity index (χ3v) is 1.68. The van der Waals surface area contributed by atoms with Gasteiger partial charge in [-0.25, -0.2) is 9.59 Å². The highest BCUT2D eigenvalue weighted by Gasteiger charge is 2.65. The number of hydrogen-bond acceptors (Lipinski definition) is 6. The average molecular weight is 174 g/mol. The summed E-state index contributed by atoms with van der Waals surface area (Å²) in [5, 5.41) is 0. The largest absolute Gasteiger partial charge is 0.520 e. The summed E-state index contributed by atoms with van der Waals surface area (Å²) in [5.41, 5.74) is 0. The van der Waals surface area contributed by atoms with Crippen LogP contribution in [-0.4, -0.2) is 24.4 Å². The van der Waals surface area contributed by atoms with E-state index >= 15 is 0 Å². The lowest BCUT2D eigenvalue weighted by Gasteiger charge is -2.34. The first-order chi connectivity index (χ1) is 5.66. The van der Waals surface area contributed by atoms with E-state index in [1.807, 2.05) is 0 Å². The van der Waals surface area contributed by atoms with E-state index in [2.05, 4.69) is 18.9 Å². The van der Waals surface area contributed by atoms with E-state index < -0.39 is 24.4 Å². The molecular weight excluding hydrogens is 168 g/mol. The summed E-state index contributed by atoms with van der Waals surface area (Å²) in [6.45, 7) is 1.75. The van der Waals surface area contributed by atoms with Crippen LogP contribution in [0.5, 0.6) is 0 Å². The molecule has 2 fully saturated rings. The predicted molar refractivity (Wildman–Crippen MR) is 31.9 cm³/mol. The van der Waals surface area contributed by atoms with Gasteiger partial charge in [0.2, 0.25) is 6.10 Å². The number of ether oxygens (including phenoxy) is 4. The SMILES string of the molecule is CCC1OC(=O)OC12OC(=O)O2. The van der Waals surface area contributed by atoms with Crippen molar-refractivity contribution in [1.82, 2.24) is 0 Å². The van der Waals surface area contributed by atoms with Crippen LogP contribution in [0.2, 0.25) is 0 Å². The molecule has 1 unspecified atom stereocenters. The molecule has 0 saturated carbocycles. The summed E-state index contributed by atoms with van der Waals surface area (Å²) in [7, 11) is 0. The van der Waals surface area contributed by atoms with Crippen molar-refractivity contribution in [3.8, 4) is 0 Å². The minimum atomic E-state index is -1.59. The van der Waals surface area contributed by atoms with Gasteiger partial charge in [-0.15, -0.1) is 0 Å². The van der Waals surface area contributed by atoms with E-state index in [0.717, 1.165) is 0 Å². The fourth-order valence-corrected chi connectivity index (χ4v) is 1.14. The van der Waals surface area contributed by atoms with E-state index in [1.165, 1.54) is 0 Å². The number of hydrogen-bond donors (Lipinski definition) is 0. The summed E-state index contributed by atoms with van der Waals surface area (Å²) < 4.78 is 18.2. The lowest BCUT2D eigenvalue weighted by atomic mass is 10.2. The zero-order chi connectivity index (χ0) is 8.77. The molecule has 0 N–H and O–H groups in total. The van der Waals surface area contributed by atoms with Crippen LogP contribution in [0, 0.1) is 0 Å². The summed E-state index contributed by atoms with van der Waals surface area (Å²) in [6, 6.07) is 0. The molecule has 1 atom stereocenters. The molecule has 66 valence electrons. The minimum Gasteiger partial charge on any atom is -0.418 e. The lowest BCUT2D eigenvalue weighted by Crippen LogP contribution is -2.56. The van der Waals surface area contributed by atoms with Gasteiger partial charge in [0.25, 0.3) is 0 Å². The molecule has 0 bridgehead atoms. The van der Waals surface area contributed by atoms with Crippen molar-refractivity contribution in [3.63, 3.8) is 0 Å². The second-order valence-electron chi connectivity index (χ2n) is 2.42. The molecule has 2 aliphatic heterocycles. The standard InChI is InChI=1S/C6H6O6/c1-2-3-6(10-4(7)9-3)11-5(8)12-6/h3H,2H2,1H3. The monoisotopic (exact) mass is 174 g/mol. The topological polar surface area (TPSA) is 71.1 Å². The van der Waals surface area contributed by atoms with Crippen LogP contribution in [0.25, 0.3) is 0 Å². The minimum absolute atomic E-state index is 0.457. The average Bonchev–Trinajstić information content (AvgIpc) is 2.26. The molecule has 12 heavy (non-hydrogen) atoms. The summed E-state index contributed by atoms with van der Waals surface area (Å²) in [4.78, 5) is 20.9. The van der Waals surface area contributed by atoms with E-state index in [4.69, 9.17) is 0 Å². The maximum atomic E-state index is 10.6. The second-order valence-corrected chi connectivity index (χ2v) is 2.42. The Bertz CT molecular complexity index is 238. The van der Waals surface area contributed by atoms with E-state index in [0.29, 0.717) is 6.42 Å².